The van der Waals surface area contributed by atoms with Gasteiger partial charge in [-0.25, -0.2) is 4.79 Å². The molecule has 6 heteroatoms. The summed E-state index contributed by atoms with van der Waals surface area (Å²) in [6.07, 6.45) is -0.973. The molecule has 0 spiro atoms. The van der Waals surface area contributed by atoms with Gasteiger partial charge in [-0.05, 0) is 25.0 Å². The average Bonchev–Trinajstić information content (AvgIpc) is 2.51. The zero-order valence-corrected chi connectivity index (χ0v) is 12.8. The van der Waals surface area contributed by atoms with Crippen LogP contribution in [0.5, 0.6) is 0 Å². The Labute approximate surface area is 134 Å². The topological polar surface area (TPSA) is 104 Å². The highest BCUT2D eigenvalue weighted by atomic mass is 16.6. The van der Waals surface area contributed by atoms with Crippen LogP contribution >= 0.6 is 0 Å². The number of hydrogen-bond acceptors (Lipinski definition) is 5. The molecule has 0 heterocycles. The van der Waals surface area contributed by atoms with Crippen molar-refractivity contribution in [3.63, 3.8) is 0 Å². The second kappa shape index (κ2) is 6.93. The predicted octanol–water partition coefficient (Wildman–Crippen LogP) is 1.22. The van der Waals surface area contributed by atoms with E-state index in [-0.39, 0.29) is 12.8 Å². The van der Waals surface area contributed by atoms with Crippen LogP contribution in [0.15, 0.2) is 36.4 Å². The Hall–Kier alpha value is -2.18. The number of carbonyl (C=O) groups is 2. The number of ether oxygens (including phenoxy) is 1. The first-order valence-corrected chi connectivity index (χ1v) is 7.35. The Balaban J connectivity index is 2.03. The largest absolute Gasteiger partial charge is 0.481 e. The number of esters is 1. The molecule has 1 saturated carbocycles. The molecule has 0 aliphatic heterocycles. The van der Waals surface area contributed by atoms with Gasteiger partial charge in [0.25, 0.3) is 0 Å². The summed E-state index contributed by atoms with van der Waals surface area (Å²) in [6, 6.07) is 9.12. The molecule has 2 rings (SSSR count). The maximum absolute atomic E-state index is 11.9. The molecule has 4 atom stereocenters. The van der Waals surface area contributed by atoms with Gasteiger partial charge in [0.15, 0.2) is 0 Å². The smallest absolute Gasteiger partial charge is 0.331 e. The quantitative estimate of drug-likeness (QED) is 0.569. The maximum atomic E-state index is 11.9. The van der Waals surface area contributed by atoms with Gasteiger partial charge in [0.2, 0.25) is 0 Å². The van der Waals surface area contributed by atoms with Gasteiger partial charge >= 0.3 is 11.9 Å². The number of rotatable bonds is 4. The van der Waals surface area contributed by atoms with Crippen LogP contribution < -0.4 is 0 Å². The molecular weight excluding hydrogens is 300 g/mol. The van der Waals surface area contributed by atoms with Crippen molar-refractivity contribution in [2.45, 2.75) is 38.1 Å². The van der Waals surface area contributed by atoms with E-state index in [0.29, 0.717) is 0 Å². The lowest BCUT2D eigenvalue weighted by Crippen LogP contribution is -2.52. The first kappa shape index (κ1) is 17.2. The minimum atomic E-state index is -1.29. The van der Waals surface area contributed by atoms with Crippen molar-refractivity contribution in [2.75, 3.05) is 0 Å². The van der Waals surface area contributed by atoms with Crippen molar-refractivity contribution in [3.05, 3.63) is 42.0 Å². The zero-order chi connectivity index (χ0) is 17.0. The summed E-state index contributed by atoms with van der Waals surface area (Å²) >= 11 is 0. The number of aliphatic hydroxyl groups excluding tert-OH is 2. The molecule has 1 fully saturated rings. The first-order chi connectivity index (χ1) is 10.8. The zero-order valence-electron chi connectivity index (χ0n) is 12.8. The number of benzene rings is 1. The highest BCUT2D eigenvalue weighted by Gasteiger charge is 2.48. The van der Waals surface area contributed by atoms with E-state index in [1.807, 2.05) is 30.3 Å². The number of carboxylic acid groups (broad SMARTS) is 1. The van der Waals surface area contributed by atoms with E-state index >= 15 is 0 Å². The van der Waals surface area contributed by atoms with Gasteiger partial charge in [-0.15, -0.1) is 0 Å². The Bertz CT molecular complexity index is 596. The Morgan fingerprint density at radius 3 is 2.48 bits per heavy atom. The molecule has 0 bridgehead atoms. The third kappa shape index (κ3) is 4.18. The molecule has 0 amide bonds. The Morgan fingerprint density at radius 2 is 1.87 bits per heavy atom. The third-order valence-electron chi connectivity index (χ3n) is 4.08. The van der Waals surface area contributed by atoms with Crippen molar-refractivity contribution in [2.24, 2.45) is 5.41 Å². The molecule has 6 nitrogen and oxygen atoms in total. The molecule has 4 unspecified atom stereocenters. The molecular formula is C17H20O6. The number of carboxylic acids is 1. The van der Waals surface area contributed by atoms with Crippen molar-refractivity contribution in [3.8, 4) is 0 Å². The van der Waals surface area contributed by atoms with Gasteiger partial charge < -0.3 is 20.1 Å². The molecule has 1 aliphatic carbocycles. The van der Waals surface area contributed by atoms with Crippen LogP contribution in [0.1, 0.15) is 25.3 Å². The second-order valence-corrected chi connectivity index (χ2v) is 6.05. The maximum Gasteiger partial charge on any atom is 0.331 e. The van der Waals surface area contributed by atoms with E-state index in [4.69, 9.17) is 4.74 Å². The fourth-order valence-electron chi connectivity index (χ4n) is 2.68. The lowest BCUT2D eigenvalue weighted by atomic mass is 9.72. The molecule has 124 valence electrons. The van der Waals surface area contributed by atoms with Crippen LogP contribution in [-0.2, 0) is 14.3 Å². The van der Waals surface area contributed by atoms with E-state index in [0.717, 1.165) is 5.56 Å². The number of aliphatic hydroxyl groups is 2. The van der Waals surface area contributed by atoms with Gasteiger partial charge in [-0.1, -0.05) is 30.3 Å². The first-order valence-electron chi connectivity index (χ1n) is 7.35. The molecule has 1 aromatic rings. The second-order valence-electron chi connectivity index (χ2n) is 6.05. The standard InChI is InChI=1S/C17H20O6/c1-17(16(21)22)9-12(18)15(20)13(10-17)23-14(19)8-7-11-5-3-2-4-6-11/h2-8,12-13,15,18,20H,9-10H2,1H3,(H,21,22)/b8-7+. The summed E-state index contributed by atoms with van der Waals surface area (Å²) in [4.78, 5) is 23.2. The number of hydrogen-bond donors (Lipinski definition) is 3. The summed E-state index contributed by atoms with van der Waals surface area (Å²) in [5.41, 5.74) is -0.434. The molecule has 1 aliphatic rings. The van der Waals surface area contributed by atoms with Crippen molar-refractivity contribution in [1.82, 2.24) is 0 Å². The highest BCUT2D eigenvalue weighted by molar-refractivity contribution is 5.87. The lowest BCUT2D eigenvalue weighted by Gasteiger charge is -2.40. The average molecular weight is 320 g/mol. The summed E-state index contributed by atoms with van der Waals surface area (Å²) in [7, 11) is 0. The highest BCUT2D eigenvalue weighted by Crippen LogP contribution is 2.38. The van der Waals surface area contributed by atoms with Crippen LogP contribution in [0.3, 0.4) is 0 Å². The predicted molar refractivity (Wildman–Crippen MR) is 82.3 cm³/mol. The van der Waals surface area contributed by atoms with E-state index in [1.54, 1.807) is 6.08 Å². The van der Waals surface area contributed by atoms with E-state index in [9.17, 15) is 24.9 Å². The van der Waals surface area contributed by atoms with Gasteiger partial charge in [-0.2, -0.15) is 0 Å². The Morgan fingerprint density at radius 1 is 1.22 bits per heavy atom. The lowest BCUT2D eigenvalue weighted by molar-refractivity contribution is -0.180. The van der Waals surface area contributed by atoms with Crippen molar-refractivity contribution >= 4 is 18.0 Å². The molecule has 0 saturated heterocycles. The summed E-state index contributed by atoms with van der Waals surface area (Å²) in [5.74, 6) is -1.79. The molecule has 23 heavy (non-hydrogen) atoms. The van der Waals surface area contributed by atoms with E-state index < -0.39 is 35.7 Å². The minimum absolute atomic E-state index is 0.0501. The van der Waals surface area contributed by atoms with E-state index in [1.165, 1.54) is 13.0 Å². The van der Waals surface area contributed by atoms with Crippen molar-refractivity contribution in [1.29, 1.82) is 0 Å². The fourth-order valence-corrected chi connectivity index (χ4v) is 2.68. The Kier molecular flexibility index (Phi) is 5.18. The van der Waals surface area contributed by atoms with Crippen LogP contribution in [0.25, 0.3) is 6.08 Å². The molecule has 0 radical (unpaired) electrons. The summed E-state index contributed by atoms with van der Waals surface area (Å²) in [6.45, 7) is 1.46. The van der Waals surface area contributed by atoms with Gasteiger partial charge in [0, 0.05) is 12.5 Å². The fraction of sp³-hybridized carbons (Fsp3) is 0.412. The molecule has 0 aromatic heterocycles. The summed E-state index contributed by atoms with van der Waals surface area (Å²) in [5, 5.41) is 29.0. The monoisotopic (exact) mass is 320 g/mol. The molecule has 1 aromatic carbocycles. The van der Waals surface area contributed by atoms with Crippen LogP contribution in [0, 0.1) is 5.41 Å². The van der Waals surface area contributed by atoms with Gasteiger partial charge in [0.05, 0.1) is 11.5 Å². The van der Waals surface area contributed by atoms with Gasteiger partial charge in [0.1, 0.15) is 12.2 Å². The van der Waals surface area contributed by atoms with Crippen molar-refractivity contribution < 1.29 is 29.6 Å². The van der Waals surface area contributed by atoms with Crippen LogP contribution in [-0.4, -0.2) is 45.6 Å². The normalized spacial score (nSPS) is 31.0. The molecule has 3 N–H and O–H groups in total. The SMILES string of the molecule is CC1(C(=O)O)CC(O)C(O)C(OC(=O)/C=C/c2ccccc2)C1. The van der Waals surface area contributed by atoms with Gasteiger partial charge in [-0.3, -0.25) is 4.79 Å². The number of aliphatic carboxylic acids is 1. The van der Waals surface area contributed by atoms with Crippen LogP contribution in [0.4, 0.5) is 0 Å². The summed E-state index contributed by atoms with van der Waals surface area (Å²) < 4.78 is 5.14. The minimum Gasteiger partial charge on any atom is -0.481 e. The number of carbonyl (C=O) groups excluding carboxylic acids is 1. The third-order valence-corrected chi connectivity index (χ3v) is 4.08. The van der Waals surface area contributed by atoms with Crippen LogP contribution in [0.2, 0.25) is 0 Å². The van der Waals surface area contributed by atoms with E-state index in [2.05, 4.69) is 0 Å².